The summed E-state index contributed by atoms with van der Waals surface area (Å²) in [4.78, 5) is 0. The molecule has 2 nitrogen and oxygen atoms in total. The fourth-order valence-corrected chi connectivity index (χ4v) is 1.04. The summed E-state index contributed by atoms with van der Waals surface area (Å²) in [7, 11) is 1.98. The van der Waals surface area contributed by atoms with Crippen LogP contribution in [0.4, 0.5) is 0 Å². The van der Waals surface area contributed by atoms with Gasteiger partial charge in [-0.15, -0.1) is 0 Å². The molecule has 10 heavy (non-hydrogen) atoms. The second-order valence-corrected chi connectivity index (χ2v) is 2.88. The summed E-state index contributed by atoms with van der Waals surface area (Å²) < 4.78 is 5.54. The van der Waals surface area contributed by atoms with Crippen LogP contribution in [-0.4, -0.2) is 26.3 Å². The standard InChI is InChI=1S/C8H17NO/c1-9-6-3-7-10-8-4-2-5-8/h8-9H,2-7H2,1H3. The largest absolute Gasteiger partial charge is 0.378 e. The lowest BCUT2D eigenvalue weighted by atomic mass is 9.96. The van der Waals surface area contributed by atoms with Gasteiger partial charge in [0.1, 0.15) is 0 Å². The average Bonchev–Trinajstić information content (AvgIpc) is 1.84. The van der Waals surface area contributed by atoms with Gasteiger partial charge in [-0.25, -0.2) is 0 Å². The van der Waals surface area contributed by atoms with Gasteiger partial charge >= 0.3 is 0 Å². The van der Waals surface area contributed by atoms with Gasteiger partial charge in [0.05, 0.1) is 6.10 Å². The molecule has 1 aliphatic carbocycles. The summed E-state index contributed by atoms with van der Waals surface area (Å²) >= 11 is 0. The number of hydrogen-bond donors (Lipinski definition) is 1. The summed E-state index contributed by atoms with van der Waals surface area (Å²) in [6.07, 6.45) is 5.71. The Morgan fingerprint density at radius 2 is 2.30 bits per heavy atom. The van der Waals surface area contributed by atoms with Crippen molar-refractivity contribution < 1.29 is 4.74 Å². The van der Waals surface area contributed by atoms with Crippen LogP contribution >= 0.6 is 0 Å². The number of nitrogens with one attached hydrogen (secondary N) is 1. The van der Waals surface area contributed by atoms with E-state index in [1.54, 1.807) is 0 Å². The molecule has 60 valence electrons. The predicted molar refractivity (Wildman–Crippen MR) is 42.1 cm³/mol. The molecule has 0 aromatic heterocycles. The van der Waals surface area contributed by atoms with E-state index in [1.807, 2.05) is 7.05 Å². The van der Waals surface area contributed by atoms with Crippen molar-refractivity contribution in [2.24, 2.45) is 0 Å². The first-order chi connectivity index (χ1) is 4.93. The molecule has 0 unspecified atom stereocenters. The van der Waals surface area contributed by atoms with Crippen molar-refractivity contribution in [1.29, 1.82) is 0 Å². The number of ether oxygens (including phenoxy) is 1. The molecule has 0 amide bonds. The Kier molecular flexibility index (Phi) is 3.76. The summed E-state index contributed by atoms with van der Waals surface area (Å²) in [6, 6.07) is 0. The number of rotatable bonds is 5. The first-order valence-electron chi connectivity index (χ1n) is 4.19. The van der Waals surface area contributed by atoms with Crippen molar-refractivity contribution in [2.45, 2.75) is 31.8 Å². The molecule has 0 radical (unpaired) electrons. The van der Waals surface area contributed by atoms with Crippen molar-refractivity contribution in [3.05, 3.63) is 0 Å². The van der Waals surface area contributed by atoms with E-state index in [0.29, 0.717) is 6.10 Å². The first kappa shape index (κ1) is 8.02. The van der Waals surface area contributed by atoms with Crippen LogP contribution in [0.3, 0.4) is 0 Å². The molecular weight excluding hydrogens is 126 g/mol. The number of hydrogen-bond acceptors (Lipinski definition) is 2. The van der Waals surface area contributed by atoms with Gasteiger partial charge < -0.3 is 10.1 Å². The Balaban J connectivity index is 1.76. The van der Waals surface area contributed by atoms with Gasteiger partial charge in [-0.3, -0.25) is 0 Å². The lowest BCUT2D eigenvalue weighted by molar-refractivity contribution is 0.00166. The summed E-state index contributed by atoms with van der Waals surface area (Å²) in [5, 5.41) is 3.10. The molecular formula is C8H17NO. The van der Waals surface area contributed by atoms with Crippen LogP contribution < -0.4 is 5.32 Å². The molecule has 0 heterocycles. The van der Waals surface area contributed by atoms with Gasteiger partial charge in [-0.2, -0.15) is 0 Å². The second kappa shape index (κ2) is 4.69. The highest BCUT2D eigenvalue weighted by Crippen LogP contribution is 2.21. The van der Waals surface area contributed by atoms with Crippen LogP contribution in [0, 0.1) is 0 Å². The molecule has 0 spiro atoms. The third-order valence-electron chi connectivity index (χ3n) is 1.98. The topological polar surface area (TPSA) is 21.3 Å². The van der Waals surface area contributed by atoms with Crippen molar-refractivity contribution in [2.75, 3.05) is 20.2 Å². The van der Waals surface area contributed by atoms with E-state index in [2.05, 4.69) is 5.32 Å². The molecule has 1 fully saturated rings. The minimum absolute atomic E-state index is 0.608. The maximum absolute atomic E-state index is 5.54. The van der Waals surface area contributed by atoms with Crippen molar-refractivity contribution in [1.82, 2.24) is 5.32 Å². The molecule has 0 saturated heterocycles. The maximum atomic E-state index is 5.54. The zero-order chi connectivity index (χ0) is 7.23. The van der Waals surface area contributed by atoms with Crippen LogP contribution in [0.1, 0.15) is 25.7 Å². The minimum atomic E-state index is 0.608. The van der Waals surface area contributed by atoms with Crippen LogP contribution in [0.15, 0.2) is 0 Å². The molecule has 1 rings (SSSR count). The molecule has 0 aliphatic heterocycles. The lowest BCUT2D eigenvalue weighted by Crippen LogP contribution is -2.23. The maximum Gasteiger partial charge on any atom is 0.0575 e. The lowest BCUT2D eigenvalue weighted by Gasteiger charge is -2.25. The molecule has 1 saturated carbocycles. The third-order valence-corrected chi connectivity index (χ3v) is 1.98. The monoisotopic (exact) mass is 143 g/mol. The van der Waals surface area contributed by atoms with Gasteiger partial charge in [0, 0.05) is 6.61 Å². The second-order valence-electron chi connectivity index (χ2n) is 2.88. The average molecular weight is 143 g/mol. The van der Waals surface area contributed by atoms with Gasteiger partial charge in [0.15, 0.2) is 0 Å². The molecule has 2 heteroatoms. The summed E-state index contributed by atoms with van der Waals surface area (Å²) in [5.74, 6) is 0. The minimum Gasteiger partial charge on any atom is -0.378 e. The molecule has 0 aromatic rings. The molecule has 0 bridgehead atoms. The van der Waals surface area contributed by atoms with Gasteiger partial charge in [-0.05, 0) is 39.3 Å². The van der Waals surface area contributed by atoms with E-state index in [0.717, 1.165) is 19.6 Å². The van der Waals surface area contributed by atoms with Crippen LogP contribution in [0.25, 0.3) is 0 Å². The van der Waals surface area contributed by atoms with Crippen LogP contribution in [0.5, 0.6) is 0 Å². The van der Waals surface area contributed by atoms with Crippen LogP contribution in [-0.2, 0) is 4.74 Å². The normalized spacial score (nSPS) is 18.9. The molecule has 0 aromatic carbocycles. The van der Waals surface area contributed by atoms with Crippen molar-refractivity contribution in [3.8, 4) is 0 Å². The SMILES string of the molecule is CNCCCOC1CCC1. The summed E-state index contributed by atoms with van der Waals surface area (Å²) in [5.41, 5.74) is 0. The van der Waals surface area contributed by atoms with E-state index in [-0.39, 0.29) is 0 Å². The third kappa shape index (κ3) is 2.67. The Morgan fingerprint density at radius 3 is 2.80 bits per heavy atom. The van der Waals surface area contributed by atoms with E-state index in [9.17, 15) is 0 Å². The predicted octanol–water partition coefficient (Wildman–Crippen LogP) is 1.16. The van der Waals surface area contributed by atoms with Crippen molar-refractivity contribution in [3.63, 3.8) is 0 Å². The Morgan fingerprint density at radius 1 is 1.50 bits per heavy atom. The quantitative estimate of drug-likeness (QED) is 0.583. The Bertz CT molecular complexity index is 81.3. The smallest absolute Gasteiger partial charge is 0.0575 e. The van der Waals surface area contributed by atoms with Gasteiger partial charge in [-0.1, -0.05) is 0 Å². The zero-order valence-corrected chi connectivity index (χ0v) is 6.73. The van der Waals surface area contributed by atoms with Crippen molar-refractivity contribution >= 4 is 0 Å². The molecule has 1 N–H and O–H groups in total. The highest BCUT2D eigenvalue weighted by Gasteiger charge is 2.16. The fourth-order valence-electron chi connectivity index (χ4n) is 1.04. The van der Waals surface area contributed by atoms with Gasteiger partial charge in [0.2, 0.25) is 0 Å². The highest BCUT2D eigenvalue weighted by molar-refractivity contribution is 4.68. The van der Waals surface area contributed by atoms with Gasteiger partial charge in [0.25, 0.3) is 0 Å². The summed E-state index contributed by atoms with van der Waals surface area (Å²) in [6.45, 7) is 2.01. The van der Waals surface area contributed by atoms with E-state index in [4.69, 9.17) is 4.74 Å². The zero-order valence-electron chi connectivity index (χ0n) is 6.73. The van der Waals surface area contributed by atoms with E-state index < -0.39 is 0 Å². The van der Waals surface area contributed by atoms with E-state index >= 15 is 0 Å². The highest BCUT2D eigenvalue weighted by atomic mass is 16.5. The Labute approximate surface area is 63.0 Å². The first-order valence-corrected chi connectivity index (χ1v) is 4.19. The molecule has 0 atom stereocenters. The van der Waals surface area contributed by atoms with Crippen LogP contribution in [0.2, 0.25) is 0 Å². The van der Waals surface area contributed by atoms with E-state index in [1.165, 1.54) is 19.3 Å². The Hall–Kier alpha value is -0.0800. The molecule has 1 aliphatic rings. The fraction of sp³-hybridized carbons (Fsp3) is 1.00.